The number of ether oxygens (including phenoxy) is 2. The summed E-state index contributed by atoms with van der Waals surface area (Å²) in [5.74, 6) is -0.821. The van der Waals surface area contributed by atoms with Gasteiger partial charge in [-0.2, -0.15) is 0 Å². The quantitative estimate of drug-likeness (QED) is 0.0264. The van der Waals surface area contributed by atoms with Gasteiger partial charge in [0.2, 0.25) is 0 Å². The Balaban J connectivity index is 3.77. The molecule has 0 saturated heterocycles. The lowest BCUT2D eigenvalue weighted by Crippen LogP contribution is -2.29. The molecule has 0 aliphatic heterocycles. The van der Waals surface area contributed by atoms with Crippen molar-refractivity contribution >= 4 is 19.8 Å². The van der Waals surface area contributed by atoms with Crippen molar-refractivity contribution in [2.45, 2.75) is 347 Å². The van der Waals surface area contributed by atoms with Crippen molar-refractivity contribution in [2.75, 3.05) is 26.4 Å². The number of hydrogen-bond donors (Lipinski definition) is 2. The Morgan fingerprint density at radius 3 is 1.03 bits per heavy atom. The average molecular weight is 1090 g/mol. The molecule has 0 bridgehead atoms. The van der Waals surface area contributed by atoms with E-state index in [9.17, 15) is 19.0 Å². The molecule has 2 atom stereocenters. The molecule has 0 amide bonds. The third-order valence-electron chi connectivity index (χ3n) is 14.7. The standard InChI is InChI=1S/C66H126NO8P/c1-3-5-7-9-11-13-15-17-19-21-23-24-25-26-27-28-29-30-31-32-33-34-35-36-37-38-39-40-41-43-44-46-48-50-52-54-56-58-65(68)72-62-64(63-74-76(70,71)73-61-60-67)75-66(69)59-57-55-53-51-49-47-45-42-22-20-18-16-14-12-10-8-6-4-2/h14,16,20-23,64H,3-13,15,17-19,24-63,67H2,1-2H3,(H,70,71)/b16-14-,22-20-,23-21-. The summed E-state index contributed by atoms with van der Waals surface area (Å²) < 4.78 is 33.1. The Hall–Kier alpha value is -1.77. The van der Waals surface area contributed by atoms with E-state index in [1.807, 2.05) is 0 Å². The highest BCUT2D eigenvalue weighted by atomic mass is 31.2. The number of rotatable bonds is 63. The van der Waals surface area contributed by atoms with Crippen LogP contribution in [0.4, 0.5) is 0 Å². The second-order valence-corrected chi connectivity index (χ2v) is 23.8. The number of nitrogens with two attached hydrogens (primary N) is 1. The number of carbonyl (C=O) groups excluding carboxylic acids is 2. The molecule has 448 valence electrons. The molecule has 3 N–H and O–H groups in total. The first-order valence-electron chi connectivity index (χ1n) is 33.0. The molecular formula is C66H126NO8P. The minimum atomic E-state index is -4.39. The lowest BCUT2D eigenvalue weighted by molar-refractivity contribution is -0.161. The summed E-state index contributed by atoms with van der Waals surface area (Å²) in [5, 5.41) is 0. The molecule has 0 aromatic rings. The van der Waals surface area contributed by atoms with Gasteiger partial charge in [-0.25, -0.2) is 4.57 Å². The van der Waals surface area contributed by atoms with Crippen molar-refractivity contribution < 1.29 is 37.6 Å². The largest absolute Gasteiger partial charge is 0.472 e. The third-order valence-corrected chi connectivity index (χ3v) is 15.7. The van der Waals surface area contributed by atoms with E-state index < -0.39 is 26.5 Å². The van der Waals surface area contributed by atoms with Gasteiger partial charge in [-0.05, 0) is 70.6 Å². The van der Waals surface area contributed by atoms with E-state index in [4.69, 9.17) is 24.3 Å². The molecule has 0 radical (unpaired) electrons. The maximum atomic E-state index is 12.7. The number of hydrogen-bond acceptors (Lipinski definition) is 8. The van der Waals surface area contributed by atoms with Crippen molar-refractivity contribution in [1.29, 1.82) is 0 Å². The zero-order chi connectivity index (χ0) is 55.2. The topological polar surface area (TPSA) is 134 Å². The van der Waals surface area contributed by atoms with Crippen molar-refractivity contribution in [3.8, 4) is 0 Å². The van der Waals surface area contributed by atoms with Gasteiger partial charge < -0.3 is 20.1 Å². The molecule has 2 unspecified atom stereocenters. The van der Waals surface area contributed by atoms with Crippen LogP contribution in [0.25, 0.3) is 0 Å². The first-order chi connectivity index (χ1) is 37.3. The van der Waals surface area contributed by atoms with E-state index in [0.717, 1.165) is 51.4 Å². The lowest BCUT2D eigenvalue weighted by Gasteiger charge is -2.19. The van der Waals surface area contributed by atoms with Crippen LogP contribution in [0.3, 0.4) is 0 Å². The summed E-state index contributed by atoms with van der Waals surface area (Å²) in [6.45, 7) is 3.77. The van der Waals surface area contributed by atoms with Gasteiger partial charge in [0.1, 0.15) is 6.61 Å². The Bertz CT molecular complexity index is 1340. The van der Waals surface area contributed by atoms with Crippen molar-refractivity contribution in [3.05, 3.63) is 36.5 Å². The number of phosphoric acid groups is 1. The van der Waals surface area contributed by atoms with Crippen LogP contribution in [0.2, 0.25) is 0 Å². The second kappa shape index (κ2) is 62.4. The molecule has 0 aliphatic rings. The number of esters is 2. The fourth-order valence-electron chi connectivity index (χ4n) is 9.84. The van der Waals surface area contributed by atoms with Crippen molar-refractivity contribution in [3.63, 3.8) is 0 Å². The molecule has 0 fully saturated rings. The van der Waals surface area contributed by atoms with Crippen LogP contribution in [0, 0.1) is 0 Å². The summed E-state index contributed by atoms with van der Waals surface area (Å²) in [6.07, 6.45) is 76.7. The summed E-state index contributed by atoms with van der Waals surface area (Å²) >= 11 is 0. The van der Waals surface area contributed by atoms with E-state index in [-0.39, 0.29) is 38.6 Å². The summed E-state index contributed by atoms with van der Waals surface area (Å²) in [6, 6.07) is 0. The second-order valence-electron chi connectivity index (χ2n) is 22.3. The van der Waals surface area contributed by atoms with Crippen molar-refractivity contribution in [1.82, 2.24) is 0 Å². The van der Waals surface area contributed by atoms with Crippen LogP contribution in [-0.2, 0) is 32.7 Å². The number of allylic oxidation sites excluding steroid dienone is 6. The van der Waals surface area contributed by atoms with E-state index in [2.05, 4.69) is 50.3 Å². The molecule has 0 spiro atoms. The zero-order valence-corrected chi connectivity index (χ0v) is 51.2. The molecule has 0 aromatic heterocycles. The van der Waals surface area contributed by atoms with Gasteiger partial charge in [-0.3, -0.25) is 18.6 Å². The highest BCUT2D eigenvalue weighted by Gasteiger charge is 2.26. The van der Waals surface area contributed by atoms with E-state index in [0.29, 0.717) is 6.42 Å². The van der Waals surface area contributed by atoms with Gasteiger partial charge in [0.05, 0.1) is 13.2 Å². The highest BCUT2D eigenvalue weighted by Crippen LogP contribution is 2.43. The molecule has 0 rings (SSSR count). The van der Waals surface area contributed by atoms with Gasteiger partial charge in [-0.1, -0.05) is 294 Å². The maximum Gasteiger partial charge on any atom is 0.472 e. The fourth-order valence-corrected chi connectivity index (χ4v) is 10.6. The van der Waals surface area contributed by atoms with Gasteiger partial charge in [-0.15, -0.1) is 0 Å². The monoisotopic (exact) mass is 1090 g/mol. The Kier molecular flexibility index (Phi) is 61.0. The third kappa shape index (κ3) is 61.4. The van der Waals surface area contributed by atoms with Crippen LogP contribution in [0.5, 0.6) is 0 Å². The molecule has 0 aromatic carbocycles. The average Bonchev–Trinajstić information content (AvgIpc) is 3.41. The first-order valence-corrected chi connectivity index (χ1v) is 34.5. The Labute approximate surface area is 471 Å². The maximum absolute atomic E-state index is 12.7. The van der Waals surface area contributed by atoms with Crippen LogP contribution in [0.15, 0.2) is 36.5 Å². The van der Waals surface area contributed by atoms with Gasteiger partial charge in [0, 0.05) is 19.4 Å². The Morgan fingerprint density at radius 1 is 0.395 bits per heavy atom. The van der Waals surface area contributed by atoms with Crippen LogP contribution in [-0.4, -0.2) is 49.3 Å². The number of carbonyl (C=O) groups is 2. The fraction of sp³-hybridized carbons (Fsp3) is 0.879. The highest BCUT2D eigenvalue weighted by molar-refractivity contribution is 7.47. The van der Waals surface area contributed by atoms with E-state index in [1.54, 1.807) is 0 Å². The smallest absolute Gasteiger partial charge is 0.462 e. The normalized spacial score (nSPS) is 13.2. The lowest BCUT2D eigenvalue weighted by atomic mass is 10.0. The predicted molar refractivity (Wildman–Crippen MR) is 326 cm³/mol. The Morgan fingerprint density at radius 2 is 0.684 bits per heavy atom. The molecule has 0 heterocycles. The summed E-state index contributed by atoms with van der Waals surface area (Å²) in [4.78, 5) is 35.2. The minimum Gasteiger partial charge on any atom is -0.462 e. The van der Waals surface area contributed by atoms with Crippen LogP contribution >= 0.6 is 7.82 Å². The predicted octanol–water partition coefficient (Wildman–Crippen LogP) is 21.1. The van der Waals surface area contributed by atoms with E-state index in [1.165, 1.54) is 257 Å². The SMILES string of the molecule is CCCCCC/C=C\C/C=C\CCCCCCCCCC(=O)OC(COC(=O)CCCCCCCCCCCCCCCCCCCCCCCCCCC/C=C\CCCCCCCCCC)COP(=O)(O)OCCN. The van der Waals surface area contributed by atoms with Crippen LogP contribution < -0.4 is 5.73 Å². The molecule has 9 nitrogen and oxygen atoms in total. The number of unbranched alkanes of at least 4 members (excludes halogenated alkanes) is 44. The molecule has 0 saturated carbocycles. The van der Waals surface area contributed by atoms with Gasteiger partial charge in [0.15, 0.2) is 6.10 Å². The van der Waals surface area contributed by atoms with Gasteiger partial charge in [0.25, 0.3) is 0 Å². The summed E-state index contributed by atoms with van der Waals surface area (Å²) in [5.41, 5.74) is 5.39. The van der Waals surface area contributed by atoms with Crippen molar-refractivity contribution in [2.24, 2.45) is 5.73 Å². The number of phosphoric ester groups is 1. The molecule has 76 heavy (non-hydrogen) atoms. The van der Waals surface area contributed by atoms with Crippen LogP contribution in [0.1, 0.15) is 341 Å². The molecular weight excluding hydrogens is 966 g/mol. The molecule has 10 heteroatoms. The minimum absolute atomic E-state index is 0.0534. The van der Waals surface area contributed by atoms with E-state index >= 15 is 0 Å². The molecule has 0 aliphatic carbocycles. The zero-order valence-electron chi connectivity index (χ0n) is 50.3. The first kappa shape index (κ1) is 74.2. The van der Waals surface area contributed by atoms with Gasteiger partial charge >= 0.3 is 19.8 Å². The summed E-state index contributed by atoms with van der Waals surface area (Å²) in [7, 11) is -4.39.